The number of carbonyl (C=O) groups excluding carboxylic acids is 1. The van der Waals surface area contributed by atoms with Gasteiger partial charge in [0.05, 0.1) is 7.11 Å². The molecule has 0 N–H and O–H groups in total. The van der Waals surface area contributed by atoms with E-state index in [9.17, 15) is 14.0 Å². The molecule has 2 aromatic carbocycles. The van der Waals surface area contributed by atoms with Crippen molar-refractivity contribution >= 4 is 11.6 Å². The molecule has 0 radical (unpaired) electrons. The third kappa shape index (κ3) is 4.14. The van der Waals surface area contributed by atoms with Gasteiger partial charge in [-0.15, -0.1) is 0 Å². The van der Waals surface area contributed by atoms with E-state index in [1.54, 1.807) is 37.1 Å². The zero-order valence-electron chi connectivity index (χ0n) is 17.4. The first kappa shape index (κ1) is 20.6. The topological polar surface area (TPSA) is 67.7 Å². The summed E-state index contributed by atoms with van der Waals surface area (Å²) in [5.74, 6) is -0.133. The highest BCUT2D eigenvalue weighted by molar-refractivity contribution is 5.92. The molecule has 4 rings (SSSR count). The van der Waals surface area contributed by atoms with Crippen LogP contribution in [0.25, 0.3) is 5.69 Å². The molecule has 0 aliphatic carbocycles. The molecule has 1 amide bonds. The SMILES string of the molecule is COc1ccc(N2CCN(C(=O)c3nn(-c4ccccc4F)c(C)cc3=O)CC2)cc1. The minimum absolute atomic E-state index is 0.193. The maximum absolute atomic E-state index is 14.2. The summed E-state index contributed by atoms with van der Waals surface area (Å²) in [7, 11) is 1.62. The summed E-state index contributed by atoms with van der Waals surface area (Å²) in [5.41, 5.74) is 1.03. The minimum atomic E-state index is -0.478. The Kier molecular flexibility index (Phi) is 5.70. The van der Waals surface area contributed by atoms with Crippen LogP contribution < -0.4 is 15.1 Å². The van der Waals surface area contributed by atoms with Crippen molar-refractivity contribution in [3.63, 3.8) is 0 Å². The largest absolute Gasteiger partial charge is 0.497 e. The zero-order chi connectivity index (χ0) is 22.0. The summed E-state index contributed by atoms with van der Waals surface area (Å²) in [6.07, 6.45) is 0. The van der Waals surface area contributed by atoms with Gasteiger partial charge < -0.3 is 14.5 Å². The summed E-state index contributed by atoms with van der Waals surface area (Å²) in [4.78, 5) is 29.3. The molecule has 1 aliphatic rings. The first-order valence-corrected chi connectivity index (χ1v) is 10.0. The fourth-order valence-electron chi connectivity index (χ4n) is 3.67. The van der Waals surface area contributed by atoms with Gasteiger partial charge in [0.1, 0.15) is 17.3 Å². The Bertz CT molecular complexity index is 1150. The molecule has 1 aromatic heterocycles. The molecule has 7 nitrogen and oxygen atoms in total. The minimum Gasteiger partial charge on any atom is -0.497 e. The lowest BCUT2D eigenvalue weighted by Crippen LogP contribution is -2.50. The number of carbonyl (C=O) groups is 1. The van der Waals surface area contributed by atoms with Gasteiger partial charge in [0.2, 0.25) is 5.43 Å². The fraction of sp³-hybridized carbons (Fsp3) is 0.261. The average Bonchev–Trinajstić information content (AvgIpc) is 2.80. The van der Waals surface area contributed by atoms with Crippen LogP contribution in [0.3, 0.4) is 0 Å². The van der Waals surface area contributed by atoms with Crippen LogP contribution in [0.2, 0.25) is 0 Å². The van der Waals surface area contributed by atoms with Crippen molar-refractivity contribution in [2.45, 2.75) is 6.92 Å². The Morgan fingerprint density at radius 3 is 2.35 bits per heavy atom. The van der Waals surface area contributed by atoms with E-state index in [0.29, 0.717) is 31.9 Å². The van der Waals surface area contributed by atoms with E-state index < -0.39 is 17.2 Å². The average molecular weight is 422 g/mol. The predicted octanol–water partition coefficient (Wildman–Crippen LogP) is 2.65. The van der Waals surface area contributed by atoms with Gasteiger partial charge in [0, 0.05) is 43.6 Å². The number of rotatable bonds is 4. The van der Waals surface area contributed by atoms with Crippen molar-refractivity contribution in [3.05, 3.63) is 82.0 Å². The smallest absolute Gasteiger partial charge is 0.278 e. The fourth-order valence-corrected chi connectivity index (χ4v) is 3.67. The maximum Gasteiger partial charge on any atom is 0.278 e. The van der Waals surface area contributed by atoms with Crippen molar-refractivity contribution in [1.29, 1.82) is 0 Å². The van der Waals surface area contributed by atoms with Crippen LogP contribution >= 0.6 is 0 Å². The number of benzene rings is 2. The third-order valence-electron chi connectivity index (χ3n) is 5.40. The predicted molar refractivity (Wildman–Crippen MR) is 116 cm³/mol. The molecule has 0 saturated carbocycles. The number of amides is 1. The second-order valence-electron chi connectivity index (χ2n) is 7.34. The van der Waals surface area contributed by atoms with Crippen LogP contribution in [0.15, 0.2) is 59.4 Å². The van der Waals surface area contributed by atoms with Crippen LogP contribution in [0.1, 0.15) is 16.2 Å². The van der Waals surface area contributed by atoms with Crippen LogP contribution in [0, 0.1) is 12.7 Å². The highest BCUT2D eigenvalue weighted by Gasteiger charge is 2.26. The van der Waals surface area contributed by atoms with Crippen LogP contribution in [-0.2, 0) is 0 Å². The molecule has 0 spiro atoms. The number of hydrogen-bond donors (Lipinski definition) is 0. The van der Waals surface area contributed by atoms with E-state index in [-0.39, 0.29) is 11.4 Å². The molecule has 3 aromatic rings. The van der Waals surface area contributed by atoms with Gasteiger partial charge in [-0.05, 0) is 43.3 Å². The third-order valence-corrected chi connectivity index (χ3v) is 5.40. The molecule has 0 atom stereocenters. The molecule has 1 fully saturated rings. The van der Waals surface area contributed by atoms with E-state index in [1.165, 1.54) is 16.8 Å². The quantitative estimate of drug-likeness (QED) is 0.647. The van der Waals surface area contributed by atoms with E-state index in [4.69, 9.17) is 4.74 Å². The number of methoxy groups -OCH3 is 1. The molecule has 2 heterocycles. The standard InChI is InChI=1S/C23H23FN4O3/c1-16-15-21(29)22(25-28(16)20-6-4-3-5-19(20)24)23(30)27-13-11-26(12-14-27)17-7-9-18(31-2)10-8-17/h3-10,15H,11-14H2,1-2H3. The van der Waals surface area contributed by atoms with Gasteiger partial charge in [-0.2, -0.15) is 5.10 Å². The van der Waals surface area contributed by atoms with Crippen molar-refractivity contribution in [1.82, 2.24) is 14.7 Å². The zero-order valence-corrected chi connectivity index (χ0v) is 17.4. The van der Waals surface area contributed by atoms with Gasteiger partial charge in [-0.3, -0.25) is 9.59 Å². The lowest BCUT2D eigenvalue weighted by Gasteiger charge is -2.36. The summed E-state index contributed by atoms with van der Waals surface area (Å²) >= 11 is 0. The van der Waals surface area contributed by atoms with Gasteiger partial charge in [-0.1, -0.05) is 12.1 Å². The van der Waals surface area contributed by atoms with Gasteiger partial charge in [0.15, 0.2) is 5.69 Å². The molecular weight excluding hydrogens is 399 g/mol. The number of para-hydroxylation sites is 1. The molecule has 31 heavy (non-hydrogen) atoms. The number of hydrogen-bond acceptors (Lipinski definition) is 5. The number of ether oxygens (including phenoxy) is 1. The molecular formula is C23H23FN4O3. The van der Waals surface area contributed by atoms with Crippen molar-refractivity contribution in [3.8, 4) is 11.4 Å². The highest BCUT2D eigenvalue weighted by Crippen LogP contribution is 2.21. The Labute approximate surface area is 179 Å². The van der Waals surface area contributed by atoms with Gasteiger partial charge in [-0.25, -0.2) is 9.07 Å². The molecule has 8 heteroatoms. The van der Waals surface area contributed by atoms with Crippen LogP contribution in [0.5, 0.6) is 5.75 Å². The molecule has 1 aliphatic heterocycles. The van der Waals surface area contributed by atoms with E-state index in [2.05, 4.69) is 10.00 Å². The number of anilines is 1. The van der Waals surface area contributed by atoms with Crippen molar-refractivity contribution < 1.29 is 13.9 Å². The van der Waals surface area contributed by atoms with Crippen LogP contribution in [-0.4, -0.2) is 53.9 Å². The molecule has 0 bridgehead atoms. The van der Waals surface area contributed by atoms with E-state index >= 15 is 0 Å². The molecule has 0 unspecified atom stereocenters. The number of halogens is 1. The first-order chi connectivity index (χ1) is 15.0. The second-order valence-corrected chi connectivity index (χ2v) is 7.34. The first-order valence-electron chi connectivity index (χ1n) is 10.0. The monoisotopic (exact) mass is 422 g/mol. The molecule has 160 valence electrons. The maximum atomic E-state index is 14.2. The second kappa shape index (κ2) is 8.59. The van der Waals surface area contributed by atoms with Crippen molar-refractivity contribution in [2.24, 2.45) is 0 Å². The normalized spacial score (nSPS) is 13.9. The summed E-state index contributed by atoms with van der Waals surface area (Å²) < 4.78 is 20.7. The Hall–Kier alpha value is -3.68. The van der Waals surface area contributed by atoms with Crippen LogP contribution in [0.4, 0.5) is 10.1 Å². The highest BCUT2D eigenvalue weighted by atomic mass is 19.1. The summed E-state index contributed by atoms with van der Waals surface area (Å²) in [5, 5.41) is 4.22. The van der Waals surface area contributed by atoms with E-state index in [1.807, 2.05) is 24.3 Å². The number of nitrogens with zero attached hydrogens (tertiary/aromatic N) is 4. The Balaban J connectivity index is 1.53. The Morgan fingerprint density at radius 2 is 1.71 bits per heavy atom. The lowest BCUT2D eigenvalue weighted by atomic mass is 10.2. The number of piperazine rings is 1. The Morgan fingerprint density at radius 1 is 1.03 bits per heavy atom. The van der Waals surface area contributed by atoms with Crippen molar-refractivity contribution in [2.75, 3.05) is 38.2 Å². The van der Waals surface area contributed by atoms with Gasteiger partial charge >= 0.3 is 0 Å². The summed E-state index contributed by atoms with van der Waals surface area (Å²) in [6, 6.07) is 15.2. The number of aromatic nitrogens is 2. The van der Waals surface area contributed by atoms with Gasteiger partial charge in [0.25, 0.3) is 5.91 Å². The molecule has 1 saturated heterocycles. The van der Waals surface area contributed by atoms with E-state index in [0.717, 1.165) is 11.4 Å². The lowest BCUT2D eigenvalue weighted by molar-refractivity contribution is 0.0737. The summed E-state index contributed by atoms with van der Waals surface area (Å²) in [6.45, 7) is 3.83. The number of aryl methyl sites for hydroxylation is 1.